The summed E-state index contributed by atoms with van der Waals surface area (Å²) in [6.45, 7) is 5.97. The lowest BCUT2D eigenvalue weighted by Crippen LogP contribution is -2.45. The number of carbonyl (C=O) groups is 1. The number of hydrogen-bond donors (Lipinski definition) is 2. The number of halogens is 1. The molecular formula is C36H35FN6O5. The van der Waals surface area contributed by atoms with E-state index >= 15 is 4.39 Å². The third kappa shape index (κ3) is 4.90. The number of aromatic nitrogens is 1. The van der Waals surface area contributed by atoms with Gasteiger partial charge in [-0.3, -0.25) is 19.2 Å². The molecule has 2 fully saturated rings. The predicted molar refractivity (Wildman–Crippen MR) is 185 cm³/mol. The second kappa shape index (κ2) is 11.7. The summed E-state index contributed by atoms with van der Waals surface area (Å²) in [6, 6.07) is 10.7. The molecule has 8 rings (SSSR count). The SMILES string of the molecule is CN1CCN(CCCNC(=O)c2cn3c4cc5c(=O)c6ccccc6c(=O)c5cc4oc4c(N5CCC(N)C5)c(F)cc(c2=O)c43)CC1. The Bertz CT molecular complexity index is 2450. The maximum absolute atomic E-state index is 16.1. The topological polar surface area (TPSA) is 134 Å². The minimum Gasteiger partial charge on any atom is -0.451 e. The number of pyridine rings is 1. The molecule has 246 valence electrons. The fourth-order valence-corrected chi connectivity index (χ4v) is 7.31. The summed E-state index contributed by atoms with van der Waals surface area (Å²) in [4.78, 5) is 61.1. The van der Waals surface area contributed by atoms with Gasteiger partial charge in [0.25, 0.3) is 5.91 Å². The highest BCUT2D eigenvalue weighted by molar-refractivity contribution is 6.08. The summed E-state index contributed by atoms with van der Waals surface area (Å²) in [5.41, 5.74) is 5.79. The monoisotopic (exact) mass is 650 g/mol. The van der Waals surface area contributed by atoms with Crippen LogP contribution in [0.15, 0.2) is 67.5 Å². The first kappa shape index (κ1) is 30.4. The van der Waals surface area contributed by atoms with Gasteiger partial charge in [-0.25, -0.2) is 4.39 Å². The minimum atomic E-state index is -0.679. The van der Waals surface area contributed by atoms with Gasteiger partial charge in [0.1, 0.15) is 16.8 Å². The maximum Gasteiger partial charge on any atom is 0.256 e. The molecule has 2 saturated heterocycles. The molecule has 1 unspecified atom stereocenters. The molecule has 0 aliphatic carbocycles. The smallest absolute Gasteiger partial charge is 0.256 e. The van der Waals surface area contributed by atoms with Crippen LogP contribution >= 0.6 is 0 Å². The van der Waals surface area contributed by atoms with Gasteiger partial charge in [0.05, 0.1) is 10.9 Å². The minimum absolute atomic E-state index is 0.0315. The number of nitrogens with zero attached hydrogens (tertiary/aromatic N) is 4. The van der Waals surface area contributed by atoms with Crippen LogP contribution in [0.5, 0.6) is 0 Å². The Morgan fingerprint density at radius 1 is 0.938 bits per heavy atom. The number of hydrogen-bond acceptors (Lipinski definition) is 9. The van der Waals surface area contributed by atoms with E-state index in [9.17, 15) is 19.2 Å². The van der Waals surface area contributed by atoms with Crippen LogP contribution in [0, 0.1) is 5.82 Å². The van der Waals surface area contributed by atoms with Crippen LogP contribution in [-0.4, -0.2) is 85.6 Å². The molecule has 4 aromatic carbocycles. The fourth-order valence-electron chi connectivity index (χ4n) is 7.31. The van der Waals surface area contributed by atoms with E-state index in [0.29, 0.717) is 48.8 Å². The highest BCUT2D eigenvalue weighted by Crippen LogP contribution is 2.37. The fraction of sp³-hybridized carbons (Fsp3) is 0.333. The van der Waals surface area contributed by atoms with Gasteiger partial charge >= 0.3 is 0 Å². The quantitative estimate of drug-likeness (QED) is 0.159. The number of nitrogens with two attached hydrogens (primary N) is 1. The van der Waals surface area contributed by atoms with Crippen molar-refractivity contribution in [2.24, 2.45) is 5.73 Å². The molecule has 0 radical (unpaired) electrons. The lowest BCUT2D eigenvalue weighted by Gasteiger charge is -2.32. The Labute approximate surface area is 273 Å². The highest BCUT2D eigenvalue weighted by atomic mass is 19.1. The zero-order valence-corrected chi connectivity index (χ0v) is 26.6. The number of benzene rings is 4. The van der Waals surface area contributed by atoms with Crippen molar-refractivity contribution in [1.29, 1.82) is 0 Å². The third-order valence-electron chi connectivity index (χ3n) is 9.97. The molecular weight excluding hydrogens is 615 g/mol. The van der Waals surface area contributed by atoms with Gasteiger partial charge in [0.15, 0.2) is 27.8 Å². The van der Waals surface area contributed by atoms with E-state index < -0.39 is 17.2 Å². The number of amides is 1. The Morgan fingerprint density at radius 3 is 2.33 bits per heavy atom. The number of anilines is 1. The van der Waals surface area contributed by atoms with E-state index in [-0.39, 0.29) is 61.0 Å². The van der Waals surface area contributed by atoms with Crippen molar-refractivity contribution < 1.29 is 13.6 Å². The maximum atomic E-state index is 16.1. The molecule has 12 heteroatoms. The molecule has 2 aromatic heterocycles. The molecule has 4 heterocycles. The number of likely N-dealkylation sites (N-methyl/N-ethyl adjacent to an activating group) is 1. The van der Waals surface area contributed by atoms with Crippen LogP contribution in [-0.2, 0) is 0 Å². The molecule has 3 N–H and O–H groups in total. The van der Waals surface area contributed by atoms with E-state index in [4.69, 9.17) is 10.2 Å². The van der Waals surface area contributed by atoms with Crippen LogP contribution in [0.1, 0.15) is 23.2 Å². The molecule has 48 heavy (non-hydrogen) atoms. The van der Waals surface area contributed by atoms with Crippen molar-refractivity contribution in [2.75, 3.05) is 64.3 Å². The van der Waals surface area contributed by atoms with Crippen molar-refractivity contribution in [3.05, 3.63) is 90.7 Å². The molecule has 1 amide bonds. The van der Waals surface area contributed by atoms with Crippen molar-refractivity contribution in [1.82, 2.24) is 19.5 Å². The van der Waals surface area contributed by atoms with Crippen molar-refractivity contribution >= 4 is 60.7 Å². The Morgan fingerprint density at radius 2 is 1.65 bits per heavy atom. The van der Waals surface area contributed by atoms with Gasteiger partial charge in [0, 0.05) is 79.6 Å². The van der Waals surface area contributed by atoms with Crippen LogP contribution in [0.4, 0.5) is 10.1 Å². The summed E-state index contributed by atoms with van der Waals surface area (Å²) in [7, 11) is 2.10. The summed E-state index contributed by atoms with van der Waals surface area (Å²) < 4.78 is 24.1. The van der Waals surface area contributed by atoms with Gasteiger partial charge in [-0.1, -0.05) is 24.3 Å². The number of carbonyl (C=O) groups excluding carboxylic acids is 1. The molecule has 2 aliphatic heterocycles. The zero-order valence-electron chi connectivity index (χ0n) is 26.6. The average molecular weight is 651 g/mol. The Balaban J connectivity index is 1.31. The van der Waals surface area contributed by atoms with Crippen LogP contribution in [0.3, 0.4) is 0 Å². The number of fused-ring (bicyclic) bond motifs is 4. The van der Waals surface area contributed by atoms with Gasteiger partial charge < -0.3 is 34.6 Å². The lowest BCUT2D eigenvalue weighted by atomic mass is 10.0. The van der Waals surface area contributed by atoms with Crippen LogP contribution in [0.25, 0.3) is 49.1 Å². The summed E-state index contributed by atoms with van der Waals surface area (Å²) in [6.07, 6.45) is 2.79. The predicted octanol–water partition coefficient (Wildman–Crippen LogP) is 2.71. The van der Waals surface area contributed by atoms with E-state index in [1.165, 1.54) is 12.3 Å². The number of nitrogens with one attached hydrogen (secondary N) is 1. The Kier molecular flexibility index (Phi) is 7.39. The average Bonchev–Trinajstić information content (AvgIpc) is 3.52. The van der Waals surface area contributed by atoms with Crippen LogP contribution in [0.2, 0.25) is 0 Å². The first-order chi connectivity index (χ1) is 23.2. The van der Waals surface area contributed by atoms with E-state index in [1.807, 2.05) is 0 Å². The van der Waals surface area contributed by atoms with Crippen LogP contribution < -0.4 is 32.2 Å². The van der Waals surface area contributed by atoms with E-state index in [2.05, 4.69) is 22.2 Å². The summed E-state index contributed by atoms with van der Waals surface area (Å²) >= 11 is 0. The van der Waals surface area contributed by atoms with Crippen molar-refractivity contribution in [3.63, 3.8) is 0 Å². The zero-order chi connectivity index (χ0) is 33.3. The molecule has 2 aliphatic rings. The molecule has 0 saturated carbocycles. The lowest BCUT2D eigenvalue weighted by molar-refractivity contribution is 0.0948. The molecule has 0 spiro atoms. The van der Waals surface area contributed by atoms with Gasteiger partial charge in [0.2, 0.25) is 5.43 Å². The largest absolute Gasteiger partial charge is 0.451 e. The van der Waals surface area contributed by atoms with E-state index in [1.54, 1.807) is 39.6 Å². The first-order valence-corrected chi connectivity index (χ1v) is 16.4. The highest BCUT2D eigenvalue weighted by Gasteiger charge is 2.29. The van der Waals surface area contributed by atoms with Crippen molar-refractivity contribution in [3.8, 4) is 0 Å². The molecule has 6 aromatic rings. The molecule has 0 bridgehead atoms. The number of piperazine rings is 1. The van der Waals surface area contributed by atoms with E-state index in [0.717, 1.165) is 38.8 Å². The summed E-state index contributed by atoms with van der Waals surface area (Å²) in [5.74, 6) is -1.26. The van der Waals surface area contributed by atoms with Gasteiger partial charge in [-0.15, -0.1) is 0 Å². The second-order valence-electron chi connectivity index (χ2n) is 13.1. The molecule has 11 nitrogen and oxygen atoms in total. The summed E-state index contributed by atoms with van der Waals surface area (Å²) in [5, 5.41) is 3.78. The third-order valence-corrected chi connectivity index (χ3v) is 9.97. The Hall–Kier alpha value is -4.91. The van der Waals surface area contributed by atoms with Crippen molar-refractivity contribution in [2.45, 2.75) is 18.9 Å². The second-order valence-corrected chi connectivity index (χ2v) is 13.1. The number of rotatable bonds is 6. The van der Waals surface area contributed by atoms with Gasteiger partial charge in [-0.05, 0) is 44.6 Å². The normalized spacial score (nSPS) is 17.9. The van der Waals surface area contributed by atoms with Gasteiger partial charge in [-0.2, -0.15) is 0 Å². The first-order valence-electron chi connectivity index (χ1n) is 16.4. The molecule has 1 atom stereocenters. The standard InChI is InChI=1S/C36H35FN6O5/c1-40-11-13-41(14-12-40)9-4-8-39-36(47)26-19-43-28-16-23-24(33(45)22-6-3-2-5-21(22)32(23)44)17-29(28)48-35-30(43)25(34(26)46)15-27(37)31(35)42-10-7-20(38)18-42/h2-3,5-6,15-17,19-20H,4,7-14,18,38H2,1H3,(H,39,47).